The average molecular weight is 603 g/mol. The average Bonchev–Trinajstić information content (AvgIpc) is 3.55. The molecular formula is C33H33F3N6O2. The van der Waals surface area contributed by atoms with E-state index in [-0.39, 0.29) is 52.1 Å². The van der Waals surface area contributed by atoms with Crippen molar-refractivity contribution in [2.45, 2.75) is 49.9 Å². The number of alkyl halides is 1. The van der Waals surface area contributed by atoms with Gasteiger partial charge in [-0.2, -0.15) is 9.97 Å². The number of halogens is 3. The monoisotopic (exact) mass is 602 g/mol. The largest absolute Gasteiger partial charge is 0.508 e. The molecule has 0 radical (unpaired) electrons. The molecule has 0 aliphatic carbocycles. The molecule has 228 valence electrons. The molecule has 0 unspecified atom stereocenters. The number of aromatic hydroxyl groups is 1. The summed E-state index contributed by atoms with van der Waals surface area (Å²) in [6.07, 6.45) is 10.3. The van der Waals surface area contributed by atoms with Gasteiger partial charge in [-0.15, -0.1) is 6.42 Å². The normalized spacial score (nSPS) is 23.8. The first-order chi connectivity index (χ1) is 21.3. The Labute approximate surface area is 253 Å². The van der Waals surface area contributed by atoms with Gasteiger partial charge in [-0.3, -0.25) is 9.88 Å². The van der Waals surface area contributed by atoms with E-state index in [4.69, 9.17) is 16.1 Å². The van der Waals surface area contributed by atoms with Gasteiger partial charge in [0.05, 0.1) is 16.5 Å². The highest BCUT2D eigenvalue weighted by molar-refractivity contribution is 6.03. The Balaban J connectivity index is 1.38. The van der Waals surface area contributed by atoms with Gasteiger partial charge in [0.25, 0.3) is 0 Å². The zero-order chi connectivity index (χ0) is 30.6. The van der Waals surface area contributed by atoms with Gasteiger partial charge in [-0.05, 0) is 62.9 Å². The molecule has 3 fully saturated rings. The fourth-order valence-corrected chi connectivity index (χ4v) is 7.32. The van der Waals surface area contributed by atoms with E-state index in [0.717, 1.165) is 32.2 Å². The number of fused-ring (bicyclic) bond motifs is 3. The highest BCUT2D eigenvalue weighted by atomic mass is 19.1. The molecule has 5 heterocycles. The van der Waals surface area contributed by atoms with E-state index in [1.54, 1.807) is 0 Å². The van der Waals surface area contributed by atoms with E-state index in [9.17, 15) is 13.9 Å². The lowest BCUT2D eigenvalue weighted by Crippen LogP contribution is -2.45. The van der Waals surface area contributed by atoms with Crippen LogP contribution in [0.3, 0.4) is 0 Å². The van der Waals surface area contributed by atoms with Gasteiger partial charge in [-0.1, -0.05) is 12.0 Å². The first-order valence-corrected chi connectivity index (χ1v) is 15.0. The van der Waals surface area contributed by atoms with E-state index in [2.05, 4.69) is 31.0 Å². The second kappa shape index (κ2) is 11.1. The number of piperidine rings is 1. The van der Waals surface area contributed by atoms with Gasteiger partial charge < -0.3 is 20.1 Å². The van der Waals surface area contributed by atoms with Crippen molar-refractivity contribution in [1.29, 1.82) is 0 Å². The second-order valence-corrected chi connectivity index (χ2v) is 12.1. The van der Waals surface area contributed by atoms with Crippen molar-refractivity contribution in [2.75, 3.05) is 44.7 Å². The molecule has 0 amide bonds. The Kier molecular flexibility index (Phi) is 7.22. The Bertz CT molecular complexity index is 1810. The lowest BCUT2D eigenvalue weighted by molar-refractivity contribution is 0.107. The molecule has 7 rings (SSSR count). The number of rotatable bonds is 6. The van der Waals surface area contributed by atoms with Crippen LogP contribution in [-0.4, -0.2) is 82.5 Å². The zero-order valence-corrected chi connectivity index (χ0v) is 24.4. The SMILES string of the molecule is C#Cc1c(F)ccc2cc(O)cc(-c3ncc4c(N5CCC[C@@H](NC)C5)nc(OC[C@@]56CCCN5C[C@H](F)C6)nc4c3F)c12. The van der Waals surface area contributed by atoms with Crippen LogP contribution in [0.15, 0.2) is 30.5 Å². The predicted molar refractivity (Wildman–Crippen MR) is 163 cm³/mol. The molecule has 11 heteroatoms. The number of anilines is 1. The summed E-state index contributed by atoms with van der Waals surface area (Å²) in [5.41, 5.74) is -0.506. The topological polar surface area (TPSA) is 86.6 Å². The molecule has 3 aliphatic heterocycles. The molecule has 3 atom stereocenters. The minimum Gasteiger partial charge on any atom is -0.508 e. The molecule has 0 spiro atoms. The standard InChI is InChI=1S/C33H33F3N6O2/c1-3-23-26(35)8-7-19-12-22(43)13-24(27(19)23)29-28(36)30-25(15-38-29)31(41-10-4-6-21(17-41)37-2)40-32(39-30)44-18-33-9-5-11-42(33)16-20(34)14-33/h1,7-8,12-13,15,20-21,37,43H,4-6,9-11,14,16-18H2,2H3/t20-,21-,33+/m1/s1. The van der Waals surface area contributed by atoms with Crippen LogP contribution in [0.4, 0.5) is 19.0 Å². The van der Waals surface area contributed by atoms with E-state index < -0.39 is 23.3 Å². The van der Waals surface area contributed by atoms with Crippen molar-refractivity contribution in [1.82, 2.24) is 25.2 Å². The number of pyridine rings is 1. The van der Waals surface area contributed by atoms with E-state index >= 15 is 4.39 Å². The number of likely N-dealkylation sites (N-methyl/N-ethyl adjacent to an activating group) is 1. The quantitative estimate of drug-likeness (QED) is 0.300. The summed E-state index contributed by atoms with van der Waals surface area (Å²) in [5, 5.41) is 14.9. The second-order valence-electron chi connectivity index (χ2n) is 12.1. The van der Waals surface area contributed by atoms with Gasteiger partial charge in [0.1, 0.15) is 41.4 Å². The molecule has 0 saturated carbocycles. The van der Waals surface area contributed by atoms with Crippen molar-refractivity contribution >= 4 is 27.5 Å². The van der Waals surface area contributed by atoms with Crippen molar-refractivity contribution < 1.29 is 23.0 Å². The number of phenolic OH excluding ortho intramolecular Hbond substituents is 1. The van der Waals surface area contributed by atoms with Gasteiger partial charge in [0.2, 0.25) is 0 Å². The third-order valence-electron chi connectivity index (χ3n) is 9.45. The van der Waals surface area contributed by atoms with Crippen LogP contribution in [-0.2, 0) is 0 Å². The van der Waals surface area contributed by atoms with Crippen LogP contribution in [0.5, 0.6) is 11.8 Å². The Morgan fingerprint density at radius 1 is 1.18 bits per heavy atom. The molecule has 44 heavy (non-hydrogen) atoms. The van der Waals surface area contributed by atoms with Crippen molar-refractivity contribution in [3.05, 3.63) is 47.7 Å². The molecule has 8 nitrogen and oxygen atoms in total. The molecule has 0 bridgehead atoms. The summed E-state index contributed by atoms with van der Waals surface area (Å²) < 4.78 is 52.1. The van der Waals surface area contributed by atoms with Crippen molar-refractivity contribution in [2.24, 2.45) is 0 Å². The Morgan fingerprint density at radius 2 is 2.05 bits per heavy atom. The minimum atomic E-state index is -0.917. The summed E-state index contributed by atoms with van der Waals surface area (Å²) in [7, 11) is 1.91. The van der Waals surface area contributed by atoms with Crippen LogP contribution in [0, 0.1) is 24.0 Å². The lowest BCUT2D eigenvalue weighted by Gasteiger charge is -2.34. The number of phenols is 1. The van der Waals surface area contributed by atoms with Crippen LogP contribution in [0.25, 0.3) is 32.9 Å². The van der Waals surface area contributed by atoms with Gasteiger partial charge >= 0.3 is 6.01 Å². The van der Waals surface area contributed by atoms with E-state index in [1.807, 2.05) is 7.05 Å². The third-order valence-corrected chi connectivity index (χ3v) is 9.45. The summed E-state index contributed by atoms with van der Waals surface area (Å²) in [6.45, 7) is 2.74. The third kappa shape index (κ3) is 4.77. The van der Waals surface area contributed by atoms with Crippen molar-refractivity contribution in [3.63, 3.8) is 0 Å². The predicted octanol–water partition coefficient (Wildman–Crippen LogP) is 4.95. The number of nitrogens with zero attached hydrogens (tertiary/aromatic N) is 5. The number of hydrogen-bond donors (Lipinski definition) is 2. The maximum Gasteiger partial charge on any atom is 0.319 e. The number of terminal acetylenes is 1. The maximum atomic E-state index is 16.7. The van der Waals surface area contributed by atoms with Crippen LogP contribution >= 0.6 is 0 Å². The molecule has 2 N–H and O–H groups in total. The van der Waals surface area contributed by atoms with Crippen LogP contribution in [0.2, 0.25) is 0 Å². The summed E-state index contributed by atoms with van der Waals surface area (Å²) >= 11 is 0. The molecular weight excluding hydrogens is 569 g/mol. The summed E-state index contributed by atoms with van der Waals surface area (Å²) in [5.74, 6) is 1.30. The molecule has 2 aromatic heterocycles. The first kappa shape index (κ1) is 28.6. The van der Waals surface area contributed by atoms with Gasteiger partial charge in [-0.25, -0.2) is 13.2 Å². The van der Waals surface area contributed by atoms with Crippen LogP contribution in [0.1, 0.15) is 37.7 Å². The highest BCUT2D eigenvalue weighted by Crippen LogP contribution is 2.42. The maximum absolute atomic E-state index is 16.7. The molecule has 4 aromatic rings. The molecule has 2 aromatic carbocycles. The zero-order valence-electron chi connectivity index (χ0n) is 24.4. The number of aromatic nitrogens is 3. The fraction of sp³-hybridized carbons (Fsp3) is 0.424. The molecule has 3 saturated heterocycles. The fourth-order valence-electron chi connectivity index (χ4n) is 7.32. The smallest absolute Gasteiger partial charge is 0.319 e. The van der Waals surface area contributed by atoms with Crippen LogP contribution < -0.4 is 15.0 Å². The van der Waals surface area contributed by atoms with E-state index in [1.165, 1.54) is 30.5 Å². The first-order valence-electron chi connectivity index (χ1n) is 15.0. The number of nitrogens with one attached hydrogen (secondary N) is 1. The van der Waals surface area contributed by atoms with Gasteiger partial charge in [0.15, 0.2) is 5.82 Å². The lowest BCUT2D eigenvalue weighted by atomic mass is 9.95. The summed E-state index contributed by atoms with van der Waals surface area (Å²) in [4.78, 5) is 18.0. The van der Waals surface area contributed by atoms with Crippen molar-refractivity contribution in [3.8, 4) is 35.4 Å². The van der Waals surface area contributed by atoms with E-state index in [0.29, 0.717) is 42.6 Å². The Morgan fingerprint density at radius 3 is 2.86 bits per heavy atom. The number of ether oxygens (including phenoxy) is 1. The highest BCUT2D eigenvalue weighted by Gasteiger charge is 2.49. The number of benzene rings is 2. The number of hydrogen-bond acceptors (Lipinski definition) is 8. The van der Waals surface area contributed by atoms with Gasteiger partial charge in [0, 0.05) is 49.2 Å². The minimum absolute atomic E-state index is 0.00482. The Hall–Kier alpha value is -4.14. The molecule has 3 aliphatic rings. The summed E-state index contributed by atoms with van der Waals surface area (Å²) in [6, 6.07) is 5.67.